The largest absolute Gasteiger partial charge is 0.478 e. The van der Waals surface area contributed by atoms with Crippen molar-refractivity contribution in [1.29, 1.82) is 0 Å². The summed E-state index contributed by atoms with van der Waals surface area (Å²) in [6.45, 7) is 4.10. The lowest BCUT2D eigenvalue weighted by atomic mass is 9.98. The molecule has 0 radical (unpaired) electrons. The van der Waals surface area contributed by atoms with Crippen LogP contribution in [0.25, 0.3) is 22.5 Å². The topological polar surface area (TPSA) is 127 Å². The van der Waals surface area contributed by atoms with Crippen molar-refractivity contribution < 1.29 is 14.6 Å². The van der Waals surface area contributed by atoms with E-state index in [9.17, 15) is 4.79 Å². The molecule has 0 unspecified atom stereocenters. The molecule has 184 valence electrons. The van der Waals surface area contributed by atoms with Gasteiger partial charge >= 0.3 is 5.97 Å². The number of tetrazole rings is 1. The van der Waals surface area contributed by atoms with Crippen LogP contribution in [0.3, 0.4) is 0 Å². The van der Waals surface area contributed by atoms with Crippen molar-refractivity contribution in [2.75, 3.05) is 0 Å². The Bertz CT molecular complexity index is 1530. The average Bonchev–Trinajstić information content (AvgIpc) is 3.45. The first-order valence-corrected chi connectivity index (χ1v) is 11.7. The molecule has 9 heteroatoms. The summed E-state index contributed by atoms with van der Waals surface area (Å²) in [6, 6.07) is 22.8. The molecule has 0 bridgehead atoms. The molecule has 5 aromatic rings. The molecule has 0 aliphatic heterocycles. The number of nitrogens with one attached hydrogen (secondary N) is 1. The van der Waals surface area contributed by atoms with Crippen molar-refractivity contribution in [2.45, 2.75) is 26.9 Å². The van der Waals surface area contributed by atoms with Gasteiger partial charge in [0.25, 0.3) is 0 Å². The second kappa shape index (κ2) is 10.4. The van der Waals surface area contributed by atoms with Crippen molar-refractivity contribution in [3.8, 4) is 28.4 Å². The van der Waals surface area contributed by atoms with Gasteiger partial charge in [-0.3, -0.25) is 0 Å². The Morgan fingerprint density at radius 2 is 1.59 bits per heavy atom. The molecule has 0 saturated heterocycles. The number of carboxylic acid groups (broad SMARTS) is 1. The number of aryl methyl sites for hydroxylation is 2. The second-order valence-electron chi connectivity index (χ2n) is 8.59. The van der Waals surface area contributed by atoms with Crippen LogP contribution in [0.5, 0.6) is 5.88 Å². The third-order valence-corrected chi connectivity index (χ3v) is 6.02. The fraction of sp³-hybridized carbons (Fsp3) is 0.143. The molecule has 2 aromatic heterocycles. The highest BCUT2D eigenvalue weighted by atomic mass is 16.5. The summed E-state index contributed by atoms with van der Waals surface area (Å²) in [6.07, 6.45) is 0.535. The van der Waals surface area contributed by atoms with Gasteiger partial charge in [0.2, 0.25) is 11.7 Å². The van der Waals surface area contributed by atoms with Gasteiger partial charge in [-0.15, -0.1) is 10.2 Å². The lowest BCUT2D eigenvalue weighted by Crippen LogP contribution is -2.07. The van der Waals surface area contributed by atoms with Crippen molar-refractivity contribution in [1.82, 2.24) is 30.6 Å². The smallest absolute Gasteiger partial charge is 0.335 e. The summed E-state index contributed by atoms with van der Waals surface area (Å²) in [5.41, 5.74) is 6.84. The zero-order valence-electron chi connectivity index (χ0n) is 20.3. The Kier molecular flexibility index (Phi) is 6.67. The van der Waals surface area contributed by atoms with Crippen LogP contribution < -0.4 is 4.74 Å². The molecule has 5 rings (SSSR count). The summed E-state index contributed by atoms with van der Waals surface area (Å²) in [4.78, 5) is 20.2. The molecule has 37 heavy (non-hydrogen) atoms. The van der Waals surface area contributed by atoms with E-state index in [-0.39, 0.29) is 5.56 Å². The van der Waals surface area contributed by atoms with Crippen LogP contribution in [0.2, 0.25) is 0 Å². The van der Waals surface area contributed by atoms with Gasteiger partial charge in [-0.25, -0.2) is 9.78 Å². The number of carboxylic acids is 1. The van der Waals surface area contributed by atoms with E-state index in [0.29, 0.717) is 30.6 Å². The van der Waals surface area contributed by atoms with Crippen molar-refractivity contribution in [3.05, 3.63) is 107 Å². The van der Waals surface area contributed by atoms with Crippen LogP contribution in [0.15, 0.2) is 72.8 Å². The molecule has 3 aromatic carbocycles. The van der Waals surface area contributed by atoms with Gasteiger partial charge < -0.3 is 9.84 Å². The number of aromatic carboxylic acids is 1. The number of rotatable bonds is 8. The van der Waals surface area contributed by atoms with E-state index < -0.39 is 5.97 Å². The van der Waals surface area contributed by atoms with Crippen LogP contribution in [-0.2, 0) is 13.0 Å². The second-order valence-corrected chi connectivity index (χ2v) is 8.59. The first-order valence-electron chi connectivity index (χ1n) is 11.7. The quantitative estimate of drug-likeness (QED) is 0.316. The zero-order valence-corrected chi connectivity index (χ0v) is 20.3. The van der Waals surface area contributed by atoms with E-state index in [2.05, 4.69) is 30.6 Å². The highest BCUT2D eigenvalue weighted by Crippen LogP contribution is 2.30. The molecule has 0 atom stereocenters. The number of carbonyl (C=O) groups is 1. The van der Waals surface area contributed by atoms with E-state index in [1.54, 1.807) is 24.3 Å². The molecule has 2 N–H and O–H groups in total. The lowest BCUT2D eigenvalue weighted by molar-refractivity contribution is 0.0697. The first kappa shape index (κ1) is 23.8. The van der Waals surface area contributed by atoms with E-state index in [1.807, 2.05) is 62.4 Å². The van der Waals surface area contributed by atoms with Crippen LogP contribution in [0.1, 0.15) is 38.6 Å². The molecular weight excluding hydrogens is 468 g/mol. The minimum atomic E-state index is -0.949. The van der Waals surface area contributed by atoms with Gasteiger partial charge in [0, 0.05) is 23.2 Å². The van der Waals surface area contributed by atoms with Gasteiger partial charge in [0.05, 0.1) is 5.56 Å². The number of ether oxygens (including phenoxy) is 1. The lowest BCUT2D eigenvalue weighted by Gasteiger charge is -2.14. The predicted molar refractivity (Wildman–Crippen MR) is 137 cm³/mol. The maximum absolute atomic E-state index is 11.2. The van der Waals surface area contributed by atoms with Crippen molar-refractivity contribution >= 4 is 5.97 Å². The van der Waals surface area contributed by atoms with Crippen LogP contribution in [0.4, 0.5) is 0 Å². The number of benzene rings is 3. The fourth-order valence-electron chi connectivity index (χ4n) is 4.13. The maximum Gasteiger partial charge on any atom is 0.335 e. The predicted octanol–water partition coefficient (Wildman–Crippen LogP) is 4.81. The number of hydrogen-bond acceptors (Lipinski definition) is 7. The van der Waals surface area contributed by atoms with Gasteiger partial charge in [0.15, 0.2) is 0 Å². The van der Waals surface area contributed by atoms with Crippen LogP contribution in [-0.4, -0.2) is 41.7 Å². The van der Waals surface area contributed by atoms with Gasteiger partial charge in [-0.1, -0.05) is 60.7 Å². The standard InChI is InChI=1S/C28H24N6O3/c1-17-25(15-19-7-13-22(14-8-19)28(35)36)27(30-18(2)29-17)37-16-20-9-11-21(12-10-20)23-5-3-4-6-24(23)26-31-33-34-32-26/h3-14H,15-16H2,1-2H3,(H,35,36)(H,31,32,33,34). The highest BCUT2D eigenvalue weighted by Gasteiger charge is 2.14. The van der Waals surface area contributed by atoms with Gasteiger partial charge in [0.1, 0.15) is 12.4 Å². The minimum absolute atomic E-state index is 0.250. The van der Waals surface area contributed by atoms with E-state index >= 15 is 0 Å². The molecule has 0 spiro atoms. The Hall–Kier alpha value is -4.92. The van der Waals surface area contributed by atoms with Crippen molar-refractivity contribution in [3.63, 3.8) is 0 Å². The summed E-state index contributed by atoms with van der Waals surface area (Å²) < 4.78 is 6.17. The summed E-state index contributed by atoms with van der Waals surface area (Å²) in [7, 11) is 0. The number of H-pyrrole nitrogens is 1. The minimum Gasteiger partial charge on any atom is -0.478 e. The monoisotopic (exact) mass is 492 g/mol. The molecule has 0 saturated carbocycles. The summed E-state index contributed by atoms with van der Waals surface area (Å²) in [5, 5.41) is 23.5. The molecule has 0 aliphatic rings. The fourth-order valence-corrected chi connectivity index (χ4v) is 4.13. The Balaban J connectivity index is 1.34. The molecular formula is C28H24N6O3. The maximum atomic E-state index is 11.2. The molecule has 0 fully saturated rings. The van der Waals surface area contributed by atoms with E-state index in [4.69, 9.17) is 9.84 Å². The zero-order chi connectivity index (χ0) is 25.8. The van der Waals surface area contributed by atoms with E-state index in [0.717, 1.165) is 39.1 Å². The highest BCUT2D eigenvalue weighted by molar-refractivity contribution is 5.87. The number of nitrogens with zero attached hydrogens (tertiary/aromatic N) is 5. The van der Waals surface area contributed by atoms with E-state index in [1.165, 1.54) is 0 Å². The van der Waals surface area contributed by atoms with Crippen molar-refractivity contribution in [2.24, 2.45) is 0 Å². The van der Waals surface area contributed by atoms with Gasteiger partial charge in [-0.05, 0) is 53.4 Å². The SMILES string of the molecule is Cc1nc(C)c(Cc2ccc(C(=O)O)cc2)c(OCc2ccc(-c3ccccc3-c3nn[nH]n3)cc2)n1. The molecule has 2 heterocycles. The number of aromatic nitrogens is 6. The van der Waals surface area contributed by atoms with Crippen LogP contribution in [0, 0.1) is 13.8 Å². The first-order chi connectivity index (χ1) is 18.0. The normalized spacial score (nSPS) is 10.9. The number of hydrogen-bond donors (Lipinski definition) is 2. The Morgan fingerprint density at radius 3 is 2.27 bits per heavy atom. The summed E-state index contributed by atoms with van der Waals surface area (Å²) >= 11 is 0. The average molecular weight is 493 g/mol. The molecule has 0 aliphatic carbocycles. The van der Waals surface area contributed by atoms with Crippen LogP contribution >= 0.6 is 0 Å². The molecule has 9 nitrogen and oxygen atoms in total. The van der Waals surface area contributed by atoms with Gasteiger partial charge in [-0.2, -0.15) is 10.2 Å². The third-order valence-electron chi connectivity index (χ3n) is 6.02. The number of aromatic amines is 1. The summed E-state index contributed by atoms with van der Waals surface area (Å²) in [5.74, 6) is 0.752. The molecule has 0 amide bonds. The Labute approximate surface area is 213 Å². The Morgan fingerprint density at radius 1 is 0.892 bits per heavy atom. The third kappa shape index (κ3) is 5.35.